The Morgan fingerprint density at radius 2 is 1.88 bits per heavy atom. The second-order valence-electron chi connectivity index (χ2n) is 6.07. The third kappa shape index (κ3) is 5.70. The normalized spacial score (nSPS) is 15.0. The number of nitrogens with one attached hydrogen (secondary N) is 2. The lowest BCUT2D eigenvalue weighted by molar-refractivity contribution is -0.384. The topological polar surface area (TPSA) is 118 Å². The molecule has 0 spiro atoms. The maximum absolute atomic E-state index is 12.1. The summed E-state index contributed by atoms with van der Waals surface area (Å²) in [6, 6.07) is 6.25. The van der Waals surface area contributed by atoms with E-state index in [1.807, 2.05) is 0 Å². The van der Waals surface area contributed by atoms with Gasteiger partial charge in [0.25, 0.3) is 5.69 Å². The number of hydrogen-bond acceptors (Lipinski definition) is 6. The number of para-hydroxylation sites is 2. The number of amides is 1. The molecular weight excluding hydrogens is 346 g/mol. The second kappa shape index (κ2) is 8.80. The highest BCUT2D eigenvalue weighted by Crippen LogP contribution is 2.25. The number of nitro groups is 1. The SMILES string of the molecule is O=C(CCS(=O)(=O)C1CCCC1)NCCNc1ccccc1[N+](=O)[O-]. The van der Waals surface area contributed by atoms with E-state index in [1.54, 1.807) is 18.2 Å². The van der Waals surface area contributed by atoms with Crippen LogP contribution in [0.3, 0.4) is 0 Å². The van der Waals surface area contributed by atoms with Crippen molar-refractivity contribution in [2.45, 2.75) is 37.4 Å². The quantitative estimate of drug-likeness (QED) is 0.390. The van der Waals surface area contributed by atoms with Crippen LogP contribution in [0.5, 0.6) is 0 Å². The summed E-state index contributed by atoms with van der Waals surface area (Å²) in [5, 5.41) is 16.1. The number of nitrogens with zero attached hydrogens (tertiary/aromatic N) is 1. The smallest absolute Gasteiger partial charge is 0.292 e. The first-order valence-electron chi connectivity index (χ1n) is 8.36. The first-order valence-corrected chi connectivity index (χ1v) is 10.1. The molecule has 1 aliphatic rings. The summed E-state index contributed by atoms with van der Waals surface area (Å²) in [7, 11) is -3.20. The van der Waals surface area contributed by atoms with Gasteiger partial charge in [0.1, 0.15) is 5.69 Å². The molecule has 0 bridgehead atoms. The lowest BCUT2D eigenvalue weighted by Gasteiger charge is -2.11. The standard InChI is InChI=1S/C16H23N3O5S/c20-16(9-12-25(23,24)13-5-1-2-6-13)18-11-10-17-14-7-3-4-8-15(14)19(21)22/h3-4,7-8,13,17H,1-2,5-6,9-12H2,(H,18,20). The fourth-order valence-corrected chi connectivity index (χ4v) is 4.77. The Morgan fingerprint density at radius 3 is 2.56 bits per heavy atom. The van der Waals surface area contributed by atoms with E-state index in [2.05, 4.69) is 10.6 Å². The molecule has 0 unspecified atom stereocenters. The Morgan fingerprint density at radius 1 is 1.20 bits per heavy atom. The van der Waals surface area contributed by atoms with Crippen molar-refractivity contribution in [1.29, 1.82) is 0 Å². The van der Waals surface area contributed by atoms with Gasteiger partial charge in [-0.15, -0.1) is 0 Å². The van der Waals surface area contributed by atoms with Gasteiger partial charge < -0.3 is 10.6 Å². The molecule has 138 valence electrons. The minimum atomic E-state index is -3.20. The van der Waals surface area contributed by atoms with Crippen LogP contribution in [0.15, 0.2) is 24.3 Å². The van der Waals surface area contributed by atoms with Crippen LogP contribution in [0.1, 0.15) is 32.1 Å². The molecule has 0 aromatic heterocycles. The first kappa shape index (κ1) is 19.2. The summed E-state index contributed by atoms with van der Waals surface area (Å²) in [5.74, 6) is -0.452. The highest BCUT2D eigenvalue weighted by molar-refractivity contribution is 7.92. The lowest BCUT2D eigenvalue weighted by atomic mass is 10.2. The molecule has 0 radical (unpaired) electrons. The van der Waals surface area contributed by atoms with E-state index in [0.717, 1.165) is 12.8 Å². The molecule has 0 heterocycles. The van der Waals surface area contributed by atoms with Crippen LogP contribution in [0.25, 0.3) is 0 Å². The van der Waals surface area contributed by atoms with Crippen molar-refractivity contribution in [2.75, 3.05) is 24.2 Å². The molecule has 8 nitrogen and oxygen atoms in total. The van der Waals surface area contributed by atoms with Crippen molar-refractivity contribution in [2.24, 2.45) is 0 Å². The first-order chi connectivity index (χ1) is 11.9. The van der Waals surface area contributed by atoms with E-state index in [4.69, 9.17) is 0 Å². The molecular formula is C16H23N3O5S. The maximum Gasteiger partial charge on any atom is 0.292 e. The van der Waals surface area contributed by atoms with Gasteiger partial charge in [-0.3, -0.25) is 14.9 Å². The molecule has 2 rings (SSSR count). The fourth-order valence-electron chi connectivity index (χ4n) is 2.92. The molecule has 1 aromatic carbocycles. The average molecular weight is 369 g/mol. The van der Waals surface area contributed by atoms with Crippen LogP contribution in [0.4, 0.5) is 11.4 Å². The number of carbonyl (C=O) groups excluding carboxylic acids is 1. The van der Waals surface area contributed by atoms with Gasteiger partial charge in [0.05, 0.1) is 15.9 Å². The Balaban J connectivity index is 1.70. The maximum atomic E-state index is 12.1. The van der Waals surface area contributed by atoms with Crippen LogP contribution in [0.2, 0.25) is 0 Å². The summed E-state index contributed by atoms with van der Waals surface area (Å²) >= 11 is 0. The molecule has 1 aliphatic carbocycles. The van der Waals surface area contributed by atoms with E-state index < -0.39 is 14.8 Å². The fraction of sp³-hybridized carbons (Fsp3) is 0.562. The van der Waals surface area contributed by atoms with E-state index in [9.17, 15) is 23.3 Å². The van der Waals surface area contributed by atoms with Crippen molar-refractivity contribution in [3.05, 3.63) is 34.4 Å². The zero-order chi connectivity index (χ0) is 18.3. The molecule has 0 aliphatic heterocycles. The Hall–Kier alpha value is -2.16. The Bertz CT molecular complexity index is 714. The predicted octanol–water partition coefficient (Wildman–Crippen LogP) is 1.87. The molecule has 25 heavy (non-hydrogen) atoms. The van der Waals surface area contributed by atoms with E-state index >= 15 is 0 Å². The zero-order valence-electron chi connectivity index (χ0n) is 13.9. The van der Waals surface area contributed by atoms with Gasteiger partial charge in [-0.1, -0.05) is 25.0 Å². The number of benzene rings is 1. The number of rotatable bonds is 9. The lowest BCUT2D eigenvalue weighted by Crippen LogP contribution is -2.31. The number of hydrogen-bond donors (Lipinski definition) is 2. The largest absolute Gasteiger partial charge is 0.378 e. The zero-order valence-corrected chi connectivity index (χ0v) is 14.8. The molecule has 1 fully saturated rings. The van der Waals surface area contributed by atoms with Gasteiger partial charge in [-0.2, -0.15) is 0 Å². The summed E-state index contributed by atoms with van der Waals surface area (Å²) in [5.41, 5.74) is 0.349. The van der Waals surface area contributed by atoms with Crippen molar-refractivity contribution < 1.29 is 18.1 Å². The molecule has 1 aromatic rings. The van der Waals surface area contributed by atoms with Gasteiger partial charge in [-0.05, 0) is 18.9 Å². The summed E-state index contributed by atoms with van der Waals surface area (Å²) in [6.07, 6.45) is 3.22. The number of carbonyl (C=O) groups is 1. The average Bonchev–Trinajstić information content (AvgIpc) is 3.13. The van der Waals surface area contributed by atoms with Crippen molar-refractivity contribution in [3.63, 3.8) is 0 Å². The highest BCUT2D eigenvalue weighted by Gasteiger charge is 2.28. The van der Waals surface area contributed by atoms with E-state index in [-0.39, 0.29) is 35.6 Å². The Kier molecular flexibility index (Phi) is 6.74. The van der Waals surface area contributed by atoms with Gasteiger partial charge >= 0.3 is 0 Å². The molecule has 1 saturated carbocycles. The van der Waals surface area contributed by atoms with Crippen LogP contribution in [-0.2, 0) is 14.6 Å². The third-order valence-corrected chi connectivity index (χ3v) is 6.55. The van der Waals surface area contributed by atoms with Gasteiger partial charge in [0, 0.05) is 25.6 Å². The highest BCUT2D eigenvalue weighted by atomic mass is 32.2. The minimum Gasteiger partial charge on any atom is -0.378 e. The Labute approximate surface area is 147 Å². The number of sulfone groups is 1. The van der Waals surface area contributed by atoms with Gasteiger partial charge in [0.15, 0.2) is 9.84 Å². The molecule has 9 heteroatoms. The number of anilines is 1. The van der Waals surface area contributed by atoms with Gasteiger partial charge in [-0.25, -0.2) is 8.42 Å². The van der Waals surface area contributed by atoms with E-state index in [0.29, 0.717) is 25.1 Å². The van der Waals surface area contributed by atoms with Crippen LogP contribution >= 0.6 is 0 Å². The van der Waals surface area contributed by atoms with Crippen LogP contribution in [0, 0.1) is 10.1 Å². The number of nitro benzene ring substituents is 1. The summed E-state index contributed by atoms with van der Waals surface area (Å²) in [4.78, 5) is 22.2. The molecule has 2 N–H and O–H groups in total. The van der Waals surface area contributed by atoms with Crippen molar-refractivity contribution >= 4 is 27.1 Å². The molecule has 0 saturated heterocycles. The van der Waals surface area contributed by atoms with Crippen LogP contribution < -0.4 is 10.6 Å². The van der Waals surface area contributed by atoms with Crippen molar-refractivity contribution in [1.82, 2.24) is 5.32 Å². The molecule has 0 atom stereocenters. The monoisotopic (exact) mass is 369 g/mol. The molecule has 1 amide bonds. The third-order valence-electron chi connectivity index (χ3n) is 4.29. The van der Waals surface area contributed by atoms with E-state index in [1.165, 1.54) is 6.07 Å². The van der Waals surface area contributed by atoms with Crippen molar-refractivity contribution in [3.8, 4) is 0 Å². The second-order valence-corrected chi connectivity index (χ2v) is 8.48. The summed E-state index contributed by atoms with van der Waals surface area (Å²) < 4.78 is 24.2. The summed E-state index contributed by atoms with van der Waals surface area (Å²) in [6.45, 7) is 0.570. The van der Waals surface area contributed by atoms with Gasteiger partial charge in [0.2, 0.25) is 5.91 Å². The predicted molar refractivity (Wildman–Crippen MR) is 95.3 cm³/mol. The minimum absolute atomic E-state index is 0.0310. The van der Waals surface area contributed by atoms with Crippen LogP contribution in [-0.4, -0.2) is 43.3 Å².